The Balaban J connectivity index is 1.43. The summed E-state index contributed by atoms with van der Waals surface area (Å²) in [6, 6.07) is 16.1. The number of unbranched alkanes of at least 4 members (excludes halogenated alkanes) is 7. The minimum Gasteiger partial charge on any atom is -0.494 e. The third-order valence-corrected chi connectivity index (χ3v) is 6.35. The second-order valence-electron chi connectivity index (χ2n) is 9.66. The maximum absolute atomic E-state index is 5.90. The smallest absolute Gasteiger partial charge is 0.159 e. The molecule has 0 fully saturated rings. The minimum absolute atomic E-state index is 0.0772. The van der Waals surface area contributed by atoms with E-state index in [1.807, 2.05) is 55.7 Å². The van der Waals surface area contributed by atoms with Crippen LogP contribution in [0.4, 0.5) is 0 Å². The largest absolute Gasteiger partial charge is 0.494 e. The van der Waals surface area contributed by atoms with Crippen LogP contribution in [0, 0.1) is 0 Å². The average Bonchev–Trinajstić information content (AvgIpc) is 2.94. The first-order valence-corrected chi connectivity index (χ1v) is 14.1. The number of hydrogen-bond donors (Lipinski definition) is 0. The molecular formula is C32H44N2O3. The van der Waals surface area contributed by atoms with Gasteiger partial charge in [-0.2, -0.15) is 0 Å². The molecule has 3 aromatic rings. The Labute approximate surface area is 223 Å². The Morgan fingerprint density at radius 3 is 1.81 bits per heavy atom. The molecule has 1 unspecified atom stereocenters. The van der Waals surface area contributed by atoms with Gasteiger partial charge in [0.25, 0.3) is 0 Å². The fraction of sp³-hybridized carbons (Fsp3) is 0.500. The van der Waals surface area contributed by atoms with Gasteiger partial charge in [-0.3, -0.25) is 0 Å². The summed E-state index contributed by atoms with van der Waals surface area (Å²) in [6.45, 7) is 8.60. The maximum Gasteiger partial charge on any atom is 0.159 e. The molecule has 0 amide bonds. The van der Waals surface area contributed by atoms with Crippen LogP contribution in [-0.4, -0.2) is 35.9 Å². The topological polar surface area (TPSA) is 53.5 Å². The molecule has 3 rings (SSSR count). The lowest BCUT2D eigenvalue weighted by Gasteiger charge is -2.14. The van der Waals surface area contributed by atoms with Gasteiger partial charge in [-0.05, 0) is 61.7 Å². The summed E-state index contributed by atoms with van der Waals surface area (Å²) < 4.78 is 17.6. The second-order valence-corrected chi connectivity index (χ2v) is 9.66. The average molecular weight is 505 g/mol. The third-order valence-electron chi connectivity index (χ3n) is 6.35. The van der Waals surface area contributed by atoms with Gasteiger partial charge in [0.15, 0.2) is 5.82 Å². The van der Waals surface area contributed by atoms with Crippen molar-refractivity contribution in [2.24, 2.45) is 0 Å². The zero-order valence-electron chi connectivity index (χ0n) is 23.0. The van der Waals surface area contributed by atoms with Crippen molar-refractivity contribution in [1.82, 2.24) is 9.97 Å². The molecule has 5 heteroatoms. The van der Waals surface area contributed by atoms with Gasteiger partial charge in [-0.15, -0.1) is 0 Å². The highest BCUT2D eigenvalue weighted by Gasteiger charge is 2.07. The zero-order chi connectivity index (χ0) is 26.1. The first kappa shape index (κ1) is 28.6. The van der Waals surface area contributed by atoms with Crippen LogP contribution in [-0.2, 0) is 4.74 Å². The van der Waals surface area contributed by atoms with Gasteiger partial charge in [-0.1, -0.05) is 70.9 Å². The van der Waals surface area contributed by atoms with Gasteiger partial charge in [-0.25, -0.2) is 9.97 Å². The van der Waals surface area contributed by atoms with Crippen LogP contribution in [0.1, 0.15) is 78.6 Å². The molecule has 0 aliphatic carbocycles. The summed E-state index contributed by atoms with van der Waals surface area (Å²) in [5.41, 5.74) is 3.02. The van der Waals surface area contributed by atoms with Gasteiger partial charge in [0.05, 0.1) is 12.7 Å². The molecule has 1 heterocycles. The van der Waals surface area contributed by atoms with E-state index >= 15 is 0 Å². The van der Waals surface area contributed by atoms with E-state index in [4.69, 9.17) is 14.2 Å². The lowest BCUT2D eigenvalue weighted by molar-refractivity contribution is 0.0304. The third kappa shape index (κ3) is 10.5. The maximum atomic E-state index is 5.90. The molecule has 0 bridgehead atoms. The van der Waals surface area contributed by atoms with E-state index in [2.05, 4.69) is 35.9 Å². The van der Waals surface area contributed by atoms with Crippen molar-refractivity contribution in [2.75, 3.05) is 19.8 Å². The molecule has 0 saturated heterocycles. The first-order valence-electron chi connectivity index (χ1n) is 14.1. The fourth-order valence-corrected chi connectivity index (χ4v) is 4.04. The predicted molar refractivity (Wildman–Crippen MR) is 152 cm³/mol. The van der Waals surface area contributed by atoms with E-state index in [9.17, 15) is 0 Å². The van der Waals surface area contributed by atoms with Crippen molar-refractivity contribution < 1.29 is 14.2 Å². The molecular weight excluding hydrogens is 460 g/mol. The number of aromatic nitrogens is 2. The highest BCUT2D eigenvalue weighted by Crippen LogP contribution is 2.24. The molecule has 1 atom stereocenters. The summed E-state index contributed by atoms with van der Waals surface area (Å²) in [7, 11) is 0. The molecule has 200 valence electrons. The number of ether oxygens (including phenoxy) is 3. The highest BCUT2D eigenvalue weighted by molar-refractivity contribution is 5.64. The number of rotatable bonds is 18. The summed E-state index contributed by atoms with van der Waals surface area (Å²) in [6.07, 6.45) is 14.9. The van der Waals surface area contributed by atoms with Crippen molar-refractivity contribution in [3.05, 3.63) is 60.9 Å². The zero-order valence-corrected chi connectivity index (χ0v) is 23.0. The van der Waals surface area contributed by atoms with E-state index in [1.54, 1.807) is 0 Å². The molecule has 37 heavy (non-hydrogen) atoms. The van der Waals surface area contributed by atoms with Crippen LogP contribution in [0.5, 0.6) is 11.5 Å². The van der Waals surface area contributed by atoms with Gasteiger partial charge < -0.3 is 14.2 Å². The van der Waals surface area contributed by atoms with E-state index in [0.29, 0.717) is 12.4 Å². The molecule has 0 N–H and O–H groups in total. The number of hydrogen-bond acceptors (Lipinski definition) is 5. The van der Waals surface area contributed by atoms with Gasteiger partial charge >= 0.3 is 0 Å². The SMILES string of the molecule is CCCCCCCCOc1ccc(-c2cnc(-c3ccc(OCC(C)OCCCCC)cc3)nc2)cc1. The number of benzene rings is 2. The summed E-state index contributed by atoms with van der Waals surface area (Å²) >= 11 is 0. The Hall–Kier alpha value is -2.92. The van der Waals surface area contributed by atoms with Gasteiger partial charge in [0.1, 0.15) is 18.1 Å². The molecule has 0 aliphatic rings. The standard InChI is InChI=1S/C32H44N2O3/c1-4-6-8-9-10-12-22-36-30-17-13-27(14-18-30)29-23-33-32(34-24-29)28-15-19-31(20-16-28)37-25-26(3)35-21-11-7-5-2/h13-20,23-24,26H,4-12,21-22,25H2,1-3H3. The predicted octanol–water partition coefficient (Wildman–Crippen LogP) is 8.52. The van der Waals surface area contributed by atoms with E-state index in [0.717, 1.165) is 54.2 Å². The van der Waals surface area contributed by atoms with Crippen LogP contribution in [0.2, 0.25) is 0 Å². The minimum atomic E-state index is 0.0772. The summed E-state index contributed by atoms with van der Waals surface area (Å²) in [4.78, 5) is 9.18. The number of nitrogens with zero attached hydrogens (tertiary/aromatic N) is 2. The fourth-order valence-electron chi connectivity index (χ4n) is 4.04. The summed E-state index contributed by atoms with van der Waals surface area (Å²) in [5.74, 6) is 2.43. The monoisotopic (exact) mass is 504 g/mol. The van der Waals surface area contributed by atoms with Crippen LogP contribution >= 0.6 is 0 Å². The van der Waals surface area contributed by atoms with Crippen molar-refractivity contribution in [1.29, 1.82) is 0 Å². The van der Waals surface area contributed by atoms with Crippen molar-refractivity contribution in [2.45, 2.75) is 84.7 Å². The van der Waals surface area contributed by atoms with Crippen molar-refractivity contribution in [3.8, 4) is 34.0 Å². The molecule has 0 spiro atoms. The molecule has 0 radical (unpaired) electrons. The Kier molecular flexibility index (Phi) is 13.0. The van der Waals surface area contributed by atoms with Gasteiger partial charge in [0.2, 0.25) is 0 Å². The van der Waals surface area contributed by atoms with E-state index in [1.165, 1.54) is 44.9 Å². The Morgan fingerprint density at radius 1 is 0.595 bits per heavy atom. The molecule has 0 saturated carbocycles. The van der Waals surface area contributed by atoms with Crippen LogP contribution in [0.25, 0.3) is 22.5 Å². The molecule has 5 nitrogen and oxygen atoms in total. The normalized spacial score (nSPS) is 11.9. The lowest BCUT2D eigenvalue weighted by Crippen LogP contribution is -2.18. The van der Waals surface area contributed by atoms with Crippen LogP contribution in [0.15, 0.2) is 60.9 Å². The van der Waals surface area contributed by atoms with Gasteiger partial charge in [0, 0.05) is 30.1 Å². The molecule has 1 aromatic heterocycles. The first-order chi connectivity index (χ1) is 18.2. The van der Waals surface area contributed by atoms with E-state index < -0.39 is 0 Å². The van der Waals surface area contributed by atoms with Crippen LogP contribution < -0.4 is 9.47 Å². The lowest BCUT2D eigenvalue weighted by atomic mass is 10.1. The van der Waals surface area contributed by atoms with Crippen molar-refractivity contribution >= 4 is 0 Å². The Morgan fingerprint density at radius 2 is 1.14 bits per heavy atom. The Bertz CT molecular complexity index is 988. The molecule has 0 aliphatic heterocycles. The highest BCUT2D eigenvalue weighted by atomic mass is 16.5. The van der Waals surface area contributed by atoms with E-state index in [-0.39, 0.29) is 6.10 Å². The quantitative estimate of drug-likeness (QED) is 0.162. The molecule has 2 aromatic carbocycles. The summed E-state index contributed by atoms with van der Waals surface area (Å²) in [5, 5.41) is 0. The van der Waals surface area contributed by atoms with Crippen LogP contribution in [0.3, 0.4) is 0 Å². The van der Waals surface area contributed by atoms with Crippen molar-refractivity contribution in [3.63, 3.8) is 0 Å². The second kappa shape index (κ2) is 16.8.